The lowest BCUT2D eigenvalue weighted by Crippen LogP contribution is -2.14. The molecule has 0 N–H and O–H groups in total. The predicted molar refractivity (Wildman–Crippen MR) is 67.1 cm³/mol. The fraction of sp³-hybridized carbons (Fsp3) is 0.571. The molecule has 0 amide bonds. The van der Waals surface area contributed by atoms with Crippen molar-refractivity contribution in [3.8, 4) is 11.5 Å². The van der Waals surface area contributed by atoms with Crippen LogP contribution in [0.2, 0.25) is 0 Å². The molecule has 0 aromatic heterocycles. The van der Waals surface area contributed by atoms with Crippen molar-refractivity contribution in [2.75, 3.05) is 0 Å². The number of hydrogen-bond donors (Lipinski definition) is 0. The monoisotopic (exact) mass is 258 g/mol. The maximum atomic E-state index is 13.2. The van der Waals surface area contributed by atoms with Gasteiger partial charge in [0, 0.05) is 12.1 Å². The van der Waals surface area contributed by atoms with Gasteiger partial charge in [0.15, 0.2) is 23.1 Å². The van der Waals surface area contributed by atoms with Gasteiger partial charge in [-0.05, 0) is 26.7 Å². The van der Waals surface area contributed by atoms with Gasteiger partial charge in [0.1, 0.15) is 0 Å². The zero-order valence-electron chi connectivity index (χ0n) is 11.3. The molecule has 0 bridgehead atoms. The third kappa shape index (κ3) is 3.86. The Bertz CT molecular complexity index is 357. The molecule has 1 aromatic carbocycles. The number of benzene rings is 1. The average Bonchev–Trinajstić information content (AvgIpc) is 2.34. The van der Waals surface area contributed by atoms with Gasteiger partial charge in [-0.25, -0.2) is 8.78 Å². The van der Waals surface area contributed by atoms with E-state index in [1.807, 2.05) is 27.7 Å². The van der Waals surface area contributed by atoms with E-state index in [1.54, 1.807) is 0 Å². The van der Waals surface area contributed by atoms with Crippen molar-refractivity contribution in [3.05, 3.63) is 23.8 Å². The third-order valence-electron chi connectivity index (χ3n) is 2.79. The Kier molecular flexibility index (Phi) is 5.38. The van der Waals surface area contributed by atoms with Gasteiger partial charge in [0.25, 0.3) is 0 Å². The minimum Gasteiger partial charge on any atom is -0.487 e. The van der Waals surface area contributed by atoms with E-state index in [9.17, 15) is 8.78 Å². The second-order valence-electron chi connectivity index (χ2n) is 4.39. The summed E-state index contributed by atoms with van der Waals surface area (Å²) in [6.07, 6.45) is 1.41. The molecule has 4 heteroatoms. The fourth-order valence-electron chi connectivity index (χ4n) is 1.29. The van der Waals surface area contributed by atoms with Gasteiger partial charge in [-0.3, -0.25) is 0 Å². The molecule has 18 heavy (non-hydrogen) atoms. The van der Waals surface area contributed by atoms with E-state index in [2.05, 4.69) is 0 Å². The zero-order chi connectivity index (χ0) is 13.7. The Labute approximate surface area is 107 Å². The Morgan fingerprint density at radius 2 is 1.22 bits per heavy atom. The number of halogens is 2. The number of ether oxygens (including phenoxy) is 2. The van der Waals surface area contributed by atoms with Crippen LogP contribution in [0, 0.1) is 11.6 Å². The highest BCUT2D eigenvalue weighted by atomic mass is 19.2. The number of rotatable bonds is 6. The van der Waals surface area contributed by atoms with Crippen molar-refractivity contribution in [3.63, 3.8) is 0 Å². The van der Waals surface area contributed by atoms with E-state index in [1.165, 1.54) is 0 Å². The molecular formula is C14H20F2O2. The first-order valence-corrected chi connectivity index (χ1v) is 6.30. The summed E-state index contributed by atoms with van der Waals surface area (Å²) in [4.78, 5) is 0. The molecule has 0 heterocycles. The molecular weight excluding hydrogens is 238 g/mol. The Hall–Kier alpha value is -1.32. The molecule has 0 saturated carbocycles. The first-order valence-electron chi connectivity index (χ1n) is 6.30. The second-order valence-corrected chi connectivity index (χ2v) is 4.39. The first-order chi connectivity index (χ1) is 8.47. The quantitative estimate of drug-likeness (QED) is 0.756. The number of hydrogen-bond acceptors (Lipinski definition) is 2. The molecule has 2 nitrogen and oxygen atoms in total. The van der Waals surface area contributed by atoms with Gasteiger partial charge in [0.2, 0.25) is 0 Å². The first kappa shape index (κ1) is 14.7. The van der Waals surface area contributed by atoms with E-state index >= 15 is 0 Å². The lowest BCUT2D eigenvalue weighted by Gasteiger charge is -2.19. The summed E-state index contributed by atoms with van der Waals surface area (Å²) in [6.45, 7) is 7.65. The van der Waals surface area contributed by atoms with Gasteiger partial charge in [-0.15, -0.1) is 0 Å². The highest BCUT2D eigenvalue weighted by Crippen LogP contribution is 2.32. The average molecular weight is 258 g/mol. The molecule has 0 radical (unpaired) electrons. The Balaban J connectivity index is 3.00. The Morgan fingerprint density at radius 3 is 1.50 bits per heavy atom. The van der Waals surface area contributed by atoms with Crippen LogP contribution in [0.5, 0.6) is 11.5 Å². The van der Waals surface area contributed by atoms with Crippen molar-refractivity contribution in [2.45, 2.75) is 52.7 Å². The lowest BCUT2D eigenvalue weighted by atomic mass is 10.2. The van der Waals surface area contributed by atoms with E-state index in [0.717, 1.165) is 25.0 Å². The molecule has 1 rings (SSSR count). The maximum absolute atomic E-state index is 13.2. The van der Waals surface area contributed by atoms with Gasteiger partial charge in [-0.1, -0.05) is 13.8 Å². The SMILES string of the molecule is CCC(C)Oc1cc(F)c(F)cc1OC(C)CC. The highest BCUT2D eigenvalue weighted by Gasteiger charge is 2.15. The highest BCUT2D eigenvalue weighted by molar-refractivity contribution is 5.41. The molecule has 0 aliphatic rings. The van der Waals surface area contributed by atoms with Crippen LogP contribution in [-0.4, -0.2) is 12.2 Å². The van der Waals surface area contributed by atoms with Crippen molar-refractivity contribution >= 4 is 0 Å². The summed E-state index contributed by atoms with van der Waals surface area (Å²) in [5, 5.41) is 0. The summed E-state index contributed by atoms with van der Waals surface area (Å²) in [5.41, 5.74) is 0. The largest absolute Gasteiger partial charge is 0.487 e. The minimum absolute atomic E-state index is 0.0749. The van der Waals surface area contributed by atoms with Crippen LogP contribution < -0.4 is 9.47 Å². The van der Waals surface area contributed by atoms with Gasteiger partial charge < -0.3 is 9.47 Å². The van der Waals surface area contributed by atoms with E-state index in [0.29, 0.717) is 0 Å². The smallest absolute Gasteiger partial charge is 0.164 e. The normalized spacial score (nSPS) is 14.1. The Morgan fingerprint density at radius 1 is 0.889 bits per heavy atom. The minimum atomic E-state index is -0.926. The predicted octanol–water partition coefficient (Wildman–Crippen LogP) is 4.32. The van der Waals surface area contributed by atoms with Crippen LogP contribution in [-0.2, 0) is 0 Å². The molecule has 102 valence electrons. The molecule has 1 aromatic rings. The van der Waals surface area contributed by atoms with Crippen molar-refractivity contribution in [2.24, 2.45) is 0 Å². The molecule has 0 spiro atoms. The summed E-state index contributed by atoms with van der Waals surface area (Å²) >= 11 is 0. The van der Waals surface area contributed by atoms with Crippen molar-refractivity contribution in [1.29, 1.82) is 0 Å². The van der Waals surface area contributed by atoms with Crippen molar-refractivity contribution < 1.29 is 18.3 Å². The van der Waals surface area contributed by atoms with Crippen LogP contribution in [0.3, 0.4) is 0 Å². The standard InChI is InChI=1S/C14H20F2O2/c1-5-9(3)17-13-7-11(15)12(16)8-14(13)18-10(4)6-2/h7-10H,5-6H2,1-4H3. The molecule has 2 atom stereocenters. The van der Waals surface area contributed by atoms with E-state index < -0.39 is 11.6 Å². The summed E-state index contributed by atoms with van der Waals surface area (Å²) in [7, 11) is 0. The van der Waals surface area contributed by atoms with E-state index in [-0.39, 0.29) is 23.7 Å². The second kappa shape index (κ2) is 6.57. The van der Waals surface area contributed by atoms with Crippen LogP contribution in [0.1, 0.15) is 40.5 Å². The van der Waals surface area contributed by atoms with Gasteiger partial charge in [0.05, 0.1) is 12.2 Å². The van der Waals surface area contributed by atoms with Crippen LogP contribution in [0.25, 0.3) is 0 Å². The van der Waals surface area contributed by atoms with Gasteiger partial charge in [-0.2, -0.15) is 0 Å². The van der Waals surface area contributed by atoms with Gasteiger partial charge >= 0.3 is 0 Å². The molecule has 0 fully saturated rings. The van der Waals surface area contributed by atoms with Crippen LogP contribution in [0.15, 0.2) is 12.1 Å². The van der Waals surface area contributed by atoms with Crippen LogP contribution >= 0.6 is 0 Å². The summed E-state index contributed by atoms with van der Waals surface area (Å²) in [5.74, 6) is -1.35. The molecule has 0 aliphatic carbocycles. The van der Waals surface area contributed by atoms with Crippen LogP contribution in [0.4, 0.5) is 8.78 Å². The van der Waals surface area contributed by atoms with E-state index in [4.69, 9.17) is 9.47 Å². The maximum Gasteiger partial charge on any atom is 0.164 e. The fourth-order valence-corrected chi connectivity index (χ4v) is 1.29. The molecule has 0 saturated heterocycles. The lowest BCUT2D eigenvalue weighted by molar-refractivity contribution is 0.175. The topological polar surface area (TPSA) is 18.5 Å². The third-order valence-corrected chi connectivity index (χ3v) is 2.79. The molecule has 0 aliphatic heterocycles. The summed E-state index contributed by atoms with van der Waals surface area (Å²) < 4.78 is 37.5. The summed E-state index contributed by atoms with van der Waals surface area (Å²) in [6, 6.07) is 2.08. The molecule has 2 unspecified atom stereocenters. The van der Waals surface area contributed by atoms with Crippen molar-refractivity contribution in [1.82, 2.24) is 0 Å². The zero-order valence-corrected chi connectivity index (χ0v) is 11.3.